The van der Waals surface area contributed by atoms with Crippen LogP contribution in [-0.2, 0) is 9.59 Å². The largest absolute Gasteiger partial charge is 0.460 e. The molecule has 0 bridgehead atoms. The summed E-state index contributed by atoms with van der Waals surface area (Å²) >= 11 is 0. The van der Waals surface area contributed by atoms with Crippen LogP contribution in [0.3, 0.4) is 0 Å². The number of dihydropyridines is 1. The Morgan fingerprint density at radius 3 is 2.59 bits per heavy atom. The molecule has 2 N–H and O–H groups in total. The molecule has 2 heterocycles. The number of aryl methyl sites for hydroxylation is 1. The number of anilines is 1. The van der Waals surface area contributed by atoms with Crippen molar-refractivity contribution in [3.63, 3.8) is 0 Å². The van der Waals surface area contributed by atoms with Gasteiger partial charge in [0.05, 0.1) is 17.1 Å². The standard InChI is InChI=1S/C28H25FN2O3/c1-16-8-3-6-11-20(16)31-28(33)25-17(2)30-21-12-7-13-22(32)26(21)27(25)24-15-14-23(34-24)18-9-4-5-10-19(18)29/h3-6,8-11,14-15,27,30H,7,12-13H2,1-2H3,(H,31,33). The van der Waals surface area contributed by atoms with Crippen molar-refractivity contribution in [2.75, 3.05) is 5.32 Å². The molecule has 2 aromatic carbocycles. The number of carbonyl (C=O) groups is 2. The first-order valence-electron chi connectivity index (χ1n) is 11.4. The molecule has 1 aliphatic heterocycles. The molecule has 1 atom stereocenters. The van der Waals surface area contributed by atoms with E-state index in [2.05, 4.69) is 10.6 Å². The van der Waals surface area contributed by atoms with E-state index in [4.69, 9.17) is 4.42 Å². The van der Waals surface area contributed by atoms with Crippen molar-refractivity contribution in [2.24, 2.45) is 0 Å². The van der Waals surface area contributed by atoms with Crippen LogP contribution in [0.25, 0.3) is 11.3 Å². The van der Waals surface area contributed by atoms with Gasteiger partial charge in [0.2, 0.25) is 0 Å². The normalized spacial score (nSPS) is 18.0. The molecular formula is C28H25FN2O3. The average Bonchev–Trinajstić information content (AvgIpc) is 3.30. The van der Waals surface area contributed by atoms with Gasteiger partial charge in [-0.1, -0.05) is 30.3 Å². The quantitative estimate of drug-likeness (QED) is 0.505. The minimum atomic E-state index is -0.673. The van der Waals surface area contributed by atoms with Crippen molar-refractivity contribution in [1.82, 2.24) is 5.32 Å². The van der Waals surface area contributed by atoms with E-state index in [1.807, 2.05) is 38.1 Å². The summed E-state index contributed by atoms with van der Waals surface area (Å²) in [6.45, 7) is 3.76. The zero-order chi connectivity index (χ0) is 23.8. The zero-order valence-electron chi connectivity index (χ0n) is 19.1. The van der Waals surface area contributed by atoms with Crippen molar-refractivity contribution < 1.29 is 18.4 Å². The lowest BCUT2D eigenvalue weighted by atomic mass is 9.77. The third-order valence-corrected chi connectivity index (χ3v) is 6.46. The summed E-state index contributed by atoms with van der Waals surface area (Å²) in [4.78, 5) is 26.7. The SMILES string of the molecule is CC1=C(C(=O)Nc2ccccc2C)C(c2ccc(-c3ccccc3F)o2)C2=C(CCCC2=O)N1. The van der Waals surface area contributed by atoms with Gasteiger partial charge in [0.1, 0.15) is 17.3 Å². The number of halogens is 1. The van der Waals surface area contributed by atoms with Crippen molar-refractivity contribution in [3.8, 4) is 11.3 Å². The average molecular weight is 457 g/mol. The van der Waals surface area contributed by atoms with Gasteiger partial charge in [-0.15, -0.1) is 0 Å². The van der Waals surface area contributed by atoms with Crippen LogP contribution in [0.2, 0.25) is 0 Å². The second kappa shape index (κ2) is 8.78. The second-order valence-corrected chi connectivity index (χ2v) is 8.72. The number of nitrogens with one attached hydrogen (secondary N) is 2. The van der Waals surface area contributed by atoms with Gasteiger partial charge >= 0.3 is 0 Å². The van der Waals surface area contributed by atoms with Crippen LogP contribution in [0.4, 0.5) is 10.1 Å². The fourth-order valence-corrected chi connectivity index (χ4v) is 4.79. The summed E-state index contributed by atoms with van der Waals surface area (Å²) in [5, 5.41) is 6.30. The van der Waals surface area contributed by atoms with Gasteiger partial charge in [0.15, 0.2) is 5.78 Å². The summed E-state index contributed by atoms with van der Waals surface area (Å²) < 4.78 is 20.5. The van der Waals surface area contributed by atoms with Gasteiger partial charge in [-0.2, -0.15) is 0 Å². The van der Waals surface area contributed by atoms with Crippen LogP contribution in [0.1, 0.15) is 43.4 Å². The molecule has 6 heteroatoms. The maximum Gasteiger partial charge on any atom is 0.254 e. The highest BCUT2D eigenvalue weighted by atomic mass is 19.1. The third kappa shape index (κ3) is 3.85. The number of hydrogen-bond donors (Lipinski definition) is 2. The summed E-state index contributed by atoms with van der Waals surface area (Å²) in [6, 6.07) is 17.3. The first-order chi connectivity index (χ1) is 16.4. The molecule has 0 fully saturated rings. The topological polar surface area (TPSA) is 71.3 Å². The number of amides is 1. The molecule has 0 saturated heterocycles. The van der Waals surface area contributed by atoms with E-state index < -0.39 is 11.7 Å². The molecule has 1 aliphatic carbocycles. The number of rotatable bonds is 4. The highest BCUT2D eigenvalue weighted by Crippen LogP contribution is 2.44. The number of benzene rings is 2. The lowest BCUT2D eigenvalue weighted by molar-refractivity contribution is -0.116. The smallest absolute Gasteiger partial charge is 0.254 e. The molecule has 3 aromatic rings. The number of allylic oxidation sites excluding steroid dienone is 3. The Morgan fingerprint density at radius 2 is 1.79 bits per heavy atom. The van der Waals surface area contributed by atoms with Gasteiger partial charge in [0, 0.05) is 29.1 Å². The number of furan rings is 1. The maximum atomic E-state index is 14.4. The fourth-order valence-electron chi connectivity index (χ4n) is 4.79. The Morgan fingerprint density at radius 1 is 1.03 bits per heavy atom. The van der Waals surface area contributed by atoms with Crippen LogP contribution in [-0.4, -0.2) is 11.7 Å². The van der Waals surface area contributed by atoms with E-state index in [1.165, 1.54) is 6.07 Å². The van der Waals surface area contributed by atoms with E-state index in [0.717, 1.165) is 24.1 Å². The van der Waals surface area contributed by atoms with Crippen LogP contribution < -0.4 is 10.6 Å². The Hall–Kier alpha value is -3.93. The number of para-hydroxylation sites is 1. The molecule has 2 aliphatic rings. The maximum absolute atomic E-state index is 14.4. The molecule has 172 valence electrons. The summed E-state index contributed by atoms with van der Waals surface area (Å²) in [6.07, 6.45) is 1.90. The lowest BCUT2D eigenvalue weighted by Gasteiger charge is -2.33. The first-order valence-corrected chi connectivity index (χ1v) is 11.4. The Labute approximate surface area is 197 Å². The minimum Gasteiger partial charge on any atom is -0.460 e. The van der Waals surface area contributed by atoms with Gasteiger partial charge in [-0.3, -0.25) is 9.59 Å². The van der Waals surface area contributed by atoms with E-state index in [9.17, 15) is 14.0 Å². The number of Topliss-reactive ketones (excluding diaryl/α,β-unsaturated/α-hetero) is 1. The summed E-state index contributed by atoms with van der Waals surface area (Å²) in [7, 11) is 0. The molecule has 5 rings (SSSR count). The summed E-state index contributed by atoms with van der Waals surface area (Å²) in [5.41, 5.74) is 4.45. The van der Waals surface area contributed by atoms with Gasteiger partial charge in [0.25, 0.3) is 5.91 Å². The van der Waals surface area contributed by atoms with E-state index in [0.29, 0.717) is 46.0 Å². The molecule has 0 saturated carbocycles. The number of ketones is 1. The zero-order valence-corrected chi connectivity index (χ0v) is 19.1. The van der Waals surface area contributed by atoms with Crippen molar-refractivity contribution >= 4 is 17.4 Å². The monoisotopic (exact) mass is 456 g/mol. The highest BCUT2D eigenvalue weighted by Gasteiger charge is 2.40. The van der Waals surface area contributed by atoms with Gasteiger partial charge < -0.3 is 15.1 Å². The lowest BCUT2D eigenvalue weighted by Crippen LogP contribution is -2.35. The predicted octanol–water partition coefficient (Wildman–Crippen LogP) is 6.00. The minimum absolute atomic E-state index is 0.00344. The van der Waals surface area contributed by atoms with Crippen molar-refractivity contribution in [3.05, 3.63) is 100 Å². The molecule has 1 unspecified atom stereocenters. The third-order valence-electron chi connectivity index (χ3n) is 6.46. The Bertz CT molecular complexity index is 1370. The Kier molecular flexibility index (Phi) is 5.65. The summed E-state index contributed by atoms with van der Waals surface area (Å²) in [5.74, 6) is -0.584. The molecule has 0 spiro atoms. The predicted molar refractivity (Wildman–Crippen MR) is 128 cm³/mol. The number of carbonyl (C=O) groups excluding carboxylic acids is 2. The van der Waals surface area contributed by atoms with E-state index in [1.54, 1.807) is 30.3 Å². The van der Waals surface area contributed by atoms with E-state index in [-0.39, 0.29) is 11.7 Å². The van der Waals surface area contributed by atoms with Crippen LogP contribution in [0.15, 0.2) is 87.6 Å². The first kappa shape index (κ1) is 21.9. The van der Waals surface area contributed by atoms with Crippen LogP contribution in [0.5, 0.6) is 0 Å². The Balaban J connectivity index is 1.60. The molecule has 1 amide bonds. The fraction of sp³-hybridized carbons (Fsp3) is 0.214. The van der Waals surface area contributed by atoms with Crippen LogP contribution in [0, 0.1) is 12.7 Å². The molecule has 1 aromatic heterocycles. The second-order valence-electron chi connectivity index (χ2n) is 8.72. The van der Waals surface area contributed by atoms with Crippen molar-refractivity contribution in [2.45, 2.75) is 39.0 Å². The van der Waals surface area contributed by atoms with Crippen molar-refractivity contribution in [1.29, 1.82) is 0 Å². The van der Waals surface area contributed by atoms with E-state index >= 15 is 0 Å². The molecule has 34 heavy (non-hydrogen) atoms. The highest BCUT2D eigenvalue weighted by molar-refractivity contribution is 6.09. The molecular weight excluding hydrogens is 431 g/mol. The van der Waals surface area contributed by atoms with Crippen LogP contribution >= 0.6 is 0 Å². The van der Waals surface area contributed by atoms with Gasteiger partial charge in [-0.25, -0.2) is 4.39 Å². The molecule has 0 radical (unpaired) electrons. The molecule has 5 nitrogen and oxygen atoms in total. The van der Waals surface area contributed by atoms with Gasteiger partial charge in [-0.05, 0) is 62.6 Å². The number of hydrogen-bond acceptors (Lipinski definition) is 4.